The van der Waals surface area contributed by atoms with E-state index in [2.05, 4.69) is 10.0 Å². The molecule has 2 N–H and O–H groups in total. The Morgan fingerprint density at radius 1 is 0.969 bits per heavy atom. The molecule has 32 heavy (non-hydrogen) atoms. The van der Waals surface area contributed by atoms with Crippen molar-refractivity contribution >= 4 is 44.9 Å². The van der Waals surface area contributed by atoms with Crippen LogP contribution in [0, 0.1) is 6.92 Å². The van der Waals surface area contributed by atoms with Crippen LogP contribution in [0.25, 0.3) is 0 Å². The Morgan fingerprint density at radius 3 is 2.34 bits per heavy atom. The van der Waals surface area contributed by atoms with Crippen LogP contribution in [0.2, 0.25) is 5.02 Å². The summed E-state index contributed by atoms with van der Waals surface area (Å²) in [6, 6.07) is 16.9. The summed E-state index contributed by atoms with van der Waals surface area (Å²) in [5, 5.41) is 2.82. The summed E-state index contributed by atoms with van der Waals surface area (Å²) in [5.74, 6) is -1.01. The summed E-state index contributed by atoms with van der Waals surface area (Å²) < 4.78 is 32.6. The molecule has 0 radical (unpaired) electrons. The van der Waals surface area contributed by atoms with Crippen molar-refractivity contribution in [3.8, 4) is 0 Å². The lowest BCUT2D eigenvalue weighted by Gasteiger charge is -2.11. The number of nitrogens with one attached hydrogen (secondary N) is 2. The van der Waals surface area contributed by atoms with Gasteiger partial charge < -0.3 is 10.1 Å². The number of amides is 1. The molecule has 0 aliphatic rings. The number of hydrogen-bond donors (Lipinski definition) is 2. The molecule has 9 heteroatoms. The maximum Gasteiger partial charge on any atom is 0.338 e. The van der Waals surface area contributed by atoms with Crippen LogP contribution in [-0.2, 0) is 14.8 Å². The fourth-order valence-corrected chi connectivity index (χ4v) is 4.09. The van der Waals surface area contributed by atoms with E-state index in [1.807, 2.05) is 6.92 Å². The van der Waals surface area contributed by atoms with Crippen LogP contribution in [0.3, 0.4) is 0 Å². The Balaban J connectivity index is 1.75. The summed E-state index contributed by atoms with van der Waals surface area (Å²) in [6.07, 6.45) is 0. The number of esters is 1. The van der Waals surface area contributed by atoms with Crippen molar-refractivity contribution in [2.75, 3.05) is 16.6 Å². The summed E-state index contributed by atoms with van der Waals surface area (Å²) in [5.41, 5.74) is 1.97. The molecule has 0 heterocycles. The first-order chi connectivity index (χ1) is 15.2. The van der Waals surface area contributed by atoms with Crippen molar-refractivity contribution in [3.05, 3.63) is 88.4 Å². The number of halogens is 1. The van der Waals surface area contributed by atoms with Gasteiger partial charge in [0.05, 0.1) is 27.8 Å². The predicted molar refractivity (Wildman–Crippen MR) is 124 cm³/mol. The van der Waals surface area contributed by atoms with Gasteiger partial charge in [0, 0.05) is 11.3 Å². The minimum absolute atomic E-state index is 0.117. The van der Waals surface area contributed by atoms with Gasteiger partial charge in [0.15, 0.2) is 0 Å². The first kappa shape index (κ1) is 23.3. The zero-order valence-corrected chi connectivity index (χ0v) is 19.0. The van der Waals surface area contributed by atoms with Crippen molar-refractivity contribution < 1.29 is 22.7 Å². The fraction of sp³-hybridized carbons (Fsp3) is 0.130. The van der Waals surface area contributed by atoms with Gasteiger partial charge >= 0.3 is 5.97 Å². The third-order valence-electron chi connectivity index (χ3n) is 4.44. The Morgan fingerprint density at radius 2 is 1.69 bits per heavy atom. The topological polar surface area (TPSA) is 102 Å². The van der Waals surface area contributed by atoms with Gasteiger partial charge in [-0.2, -0.15) is 0 Å². The van der Waals surface area contributed by atoms with Crippen molar-refractivity contribution in [1.29, 1.82) is 0 Å². The van der Waals surface area contributed by atoms with Crippen molar-refractivity contribution in [3.63, 3.8) is 0 Å². The predicted octanol–water partition coefficient (Wildman–Crippen LogP) is 4.88. The Kier molecular flexibility index (Phi) is 7.17. The zero-order chi connectivity index (χ0) is 23.3. The minimum atomic E-state index is -3.80. The normalized spacial score (nSPS) is 11.0. The van der Waals surface area contributed by atoms with Crippen molar-refractivity contribution in [1.82, 2.24) is 0 Å². The van der Waals surface area contributed by atoms with E-state index in [0.717, 1.165) is 5.56 Å². The summed E-state index contributed by atoms with van der Waals surface area (Å²) in [6.45, 7) is 3.80. The molecular weight excluding hydrogens is 452 g/mol. The Bertz CT molecular complexity index is 1260. The molecule has 3 rings (SSSR count). The number of hydrogen-bond acceptors (Lipinski definition) is 5. The second-order valence-corrected chi connectivity index (χ2v) is 8.96. The molecule has 166 valence electrons. The van der Waals surface area contributed by atoms with Crippen LogP contribution in [0.4, 0.5) is 11.4 Å². The smallest absolute Gasteiger partial charge is 0.338 e. The fourth-order valence-electron chi connectivity index (χ4n) is 2.81. The van der Waals surface area contributed by atoms with Crippen LogP contribution in [0.5, 0.6) is 0 Å². The number of carbonyl (C=O) groups excluding carboxylic acids is 2. The first-order valence-corrected chi connectivity index (χ1v) is 11.5. The largest absolute Gasteiger partial charge is 0.462 e. The number of benzene rings is 3. The summed E-state index contributed by atoms with van der Waals surface area (Å²) in [4.78, 5) is 24.6. The maximum atomic E-state index is 12.7. The highest BCUT2D eigenvalue weighted by atomic mass is 35.5. The van der Waals surface area contributed by atoms with E-state index < -0.39 is 21.9 Å². The number of aryl methyl sites for hydroxylation is 1. The number of ether oxygens (including phenoxy) is 1. The highest BCUT2D eigenvalue weighted by molar-refractivity contribution is 7.92. The molecule has 0 atom stereocenters. The van der Waals surface area contributed by atoms with Gasteiger partial charge in [0.25, 0.3) is 15.9 Å². The molecule has 0 bridgehead atoms. The summed E-state index contributed by atoms with van der Waals surface area (Å²) >= 11 is 6.19. The maximum absolute atomic E-state index is 12.7. The highest BCUT2D eigenvalue weighted by Gasteiger charge is 2.16. The molecule has 3 aromatic rings. The van der Waals surface area contributed by atoms with E-state index in [1.165, 1.54) is 36.4 Å². The molecule has 0 aliphatic carbocycles. The minimum Gasteiger partial charge on any atom is -0.462 e. The average Bonchev–Trinajstić information content (AvgIpc) is 2.75. The average molecular weight is 473 g/mol. The third-order valence-corrected chi connectivity index (χ3v) is 6.15. The van der Waals surface area contributed by atoms with Gasteiger partial charge in [-0.3, -0.25) is 9.52 Å². The van der Waals surface area contributed by atoms with E-state index >= 15 is 0 Å². The lowest BCUT2D eigenvalue weighted by molar-refractivity contribution is 0.0526. The van der Waals surface area contributed by atoms with E-state index in [9.17, 15) is 18.0 Å². The van der Waals surface area contributed by atoms with Gasteiger partial charge in [0.1, 0.15) is 0 Å². The van der Waals surface area contributed by atoms with Gasteiger partial charge in [-0.25, -0.2) is 13.2 Å². The SMILES string of the molecule is CCOC(=O)c1ccc(NC(=O)c2cccc(NS(=O)(=O)c3ccc(C)cc3)c2)c(Cl)c1. The lowest BCUT2D eigenvalue weighted by Crippen LogP contribution is -2.15. The van der Waals surface area contributed by atoms with Gasteiger partial charge in [-0.15, -0.1) is 0 Å². The van der Waals surface area contributed by atoms with E-state index in [4.69, 9.17) is 16.3 Å². The van der Waals surface area contributed by atoms with E-state index in [-0.39, 0.29) is 33.3 Å². The summed E-state index contributed by atoms with van der Waals surface area (Å²) in [7, 11) is -3.80. The molecule has 1 amide bonds. The standard InChI is InChI=1S/C23H21ClN2O5S/c1-3-31-23(28)17-9-12-21(20(24)14-17)25-22(27)16-5-4-6-18(13-16)26-32(29,30)19-10-7-15(2)8-11-19/h4-14,26H,3H2,1-2H3,(H,25,27). The molecule has 0 unspecified atom stereocenters. The van der Waals surface area contributed by atoms with Crippen LogP contribution >= 0.6 is 11.6 Å². The van der Waals surface area contributed by atoms with Crippen molar-refractivity contribution in [2.24, 2.45) is 0 Å². The van der Waals surface area contributed by atoms with Crippen LogP contribution in [-0.4, -0.2) is 26.9 Å². The molecule has 0 saturated carbocycles. The van der Waals surface area contributed by atoms with E-state index in [1.54, 1.807) is 37.3 Å². The molecule has 3 aromatic carbocycles. The zero-order valence-electron chi connectivity index (χ0n) is 17.4. The molecule has 0 spiro atoms. The Labute approximate surface area is 191 Å². The molecular formula is C23H21ClN2O5S. The Hall–Kier alpha value is -3.36. The van der Waals surface area contributed by atoms with Crippen LogP contribution in [0.1, 0.15) is 33.2 Å². The number of rotatable bonds is 7. The second-order valence-electron chi connectivity index (χ2n) is 6.87. The van der Waals surface area contributed by atoms with E-state index in [0.29, 0.717) is 5.69 Å². The number of carbonyl (C=O) groups is 2. The first-order valence-electron chi connectivity index (χ1n) is 9.67. The molecule has 7 nitrogen and oxygen atoms in total. The molecule has 0 aliphatic heterocycles. The van der Waals surface area contributed by atoms with Gasteiger partial charge in [-0.05, 0) is 62.4 Å². The number of sulfonamides is 1. The van der Waals surface area contributed by atoms with Crippen LogP contribution in [0.15, 0.2) is 71.6 Å². The second kappa shape index (κ2) is 9.84. The highest BCUT2D eigenvalue weighted by Crippen LogP contribution is 2.25. The van der Waals surface area contributed by atoms with Crippen LogP contribution < -0.4 is 10.0 Å². The quantitative estimate of drug-likeness (QED) is 0.477. The molecule has 0 fully saturated rings. The van der Waals surface area contributed by atoms with Gasteiger partial charge in [-0.1, -0.05) is 35.4 Å². The number of anilines is 2. The lowest BCUT2D eigenvalue weighted by atomic mass is 10.1. The van der Waals surface area contributed by atoms with Crippen molar-refractivity contribution in [2.45, 2.75) is 18.7 Å². The monoisotopic (exact) mass is 472 g/mol. The van der Waals surface area contributed by atoms with Gasteiger partial charge in [0.2, 0.25) is 0 Å². The third kappa shape index (κ3) is 5.66. The molecule has 0 aromatic heterocycles. The molecule has 0 saturated heterocycles.